The number of thiazole rings is 1. The molecule has 0 unspecified atom stereocenters. The number of aryl methyl sites for hydroxylation is 1. The van der Waals surface area contributed by atoms with Crippen LogP contribution in [0, 0.1) is 6.92 Å². The molecule has 0 spiro atoms. The molecule has 22 heavy (non-hydrogen) atoms. The third-order valence-electron chi connectivity index (χ3n) is 3.73. The lowest BCUT2D eigenvalue weighted by Crippen LogP contribution is -2.32. The molecule has 1 amide bonds. The fourth-order valence-electron chi connectivity index (χ4n) is 2.62. The summed E-state index contributed by atoms with van der Waals surface area (Å²) in [4.78, 5) is 21.4. The Balaban J connectivity index is 1.61. The lowest BCUT2D eigenvalue weighted by Gasteiger charge is -2.10. The average molecular weight is 317 g/mol. The average Bonchev–Trinajstić information content (AvgIpc) is 3.16. The molecule has 2 heterocycles. The molecule has 0 bridgehead atoms. The Labute approximate surface area is 133 Å². The maximum Gasteiger partial charge on any atom is 0.263 e. The molecule has 0 aliphatic heterocycles. The SMILES string of the molecule is Cc1nc(COc2cccnc2)sc1C(=O)NC1CCCC1. The molecular formula is C16H19N3O2S. The van der Waals surface area contributed by atoms with Gasteiger partial charge in [-0.15, -0.1) is 11.3 Å². The first kappa shape index (κ1) is 15.0. The minimum atomic E-state index is -0.00507. The van der Waals surface area contributed by atoms with Crippen molar-refractivity contribution in [1.29, 1.82) is 0 Å². The van der Waals surface area contributed by atoms with Crippen LogP contribution in [0.3, 0.4) is 0 Å². The van der Waals surface area contributed by atoms with Crippen LogP contribution >= 0.6 is 11.3 Å². The van der Waals surface area contributed by atoms with Gasteiger partial charge in [0, 0.05) is 12.2 Å². The largest absolute Gasteiger partial charge is 0.485 e. The molecule has 116 valence electrons. The van der Waals surface area contributed by atoms with Gasteiger partial charge in [0.2, 0.25) is 0 Å². The Hall–Kier alpha value is -1.95. The van der Waals surface area contributed by atoms with E-state index < -0.39 is 0 Å². The zero-order valence-electron chi connectivity index (χ0n) is 12.5. The van der Waals surface area contributed by atoms with Crippen molar-refractivity contribution in [3.8, 4) is 5.75 Å². The summed E-state index contributed by atoms with van der Waals surface area (Å²) in [7, 11) is 0. The molecule has 0 saturated heterocycles. The summed E-state index contributed by atoms with van der Waals surface area (Å²) in [5, 5.41) is 3.91. The van der Waals surface area contributed by atoms with Gasteiger partial charge in [-0.3, -0.25) is 9.78 Å². The van der Waals surface area contributed by atoms with E-state index in [1.807, 2.05) is 19.1 Å². The van der Waals surface area contributed by atoms with Crippen LogP contribution in [0.15, 0.2) is 24.5 Å². The monoisotopic (exact) mass is 317 g/mol. The second kappa shape index (κ2) is 6.87. The first-order chi connectivity index (χ1) is 10.7. The van der Waals surface area contributed by atoms with E-state index in [0.29, 0.717) is 23.3 Å². The number of nitrogens with one attached hydrogen (secondary N) is 1. The van der Waals surface area contributed by atoms with Crippen molar-refractivity contribution >= 4 is 17.2 Å². The van der Waals surface area contributed by atoms with Gasteiger partial charge in [-0.25, -0.2) is 4.98 Å². The van der Waals surface area contributed by atoms with Gasteiger partial charge in [-0.2, -0.15) is 0 Å². The summed E-state index contributed by atoms with van der Waals surface area (Å²) < 4.78 is 5.63. The van der Waals surface area contributed by atoms with Crippen LogP contribution in [0.5, 0.6) is 5.75 Å². The summed E-state index contributed by atoms with van der Waals surface area (Å²) >= 11 is 1.40. The number of ether oxygens (including phenoxy) is 1. The summed E-state index contributed by atoms with van der Waals surface area (Å²) in [6.45, 7) is 2.22. The van der Waals surface area contributed by atoms with Crippen LogP contribution in [-0.2, 0) is 6.61 Å². The van der Waals surface area contributed by atoms with Crippen molar-refractivity contribution < 1.29 is 9.53 Å². The molecule has 1 N–H and O–H groups in total. The zero-order chi connectivity index (χ0) is 15.4. The number of nitrogens with zero attached hydrogens (tertiary/aromatic N) is 2. The lowest BCUT2D eigenvalue weighted by atomic mass is 10.2. The lowest BCUT2D eigenvalue weighted by molar-refractivity contribution is 0.0941. The van der Waals surface area contributed by atoms with E-state index in [2.05, 4.69) is 15.3 Å². The van der Waals surface area contributed by atoms with E-state index in [1.54, 1.807) is 12.4 Å². The highest BCUT2D eigenvalue weighted by Gasteiger charge is 2.21. The fourth-order valence-corrected chi connectivity index (χ4v) is 3.50. The van der Waals surface area contributed by atoms with Crippen LogP contribution in [0.2, 0.25) is 0 Å². The van der Waals surface area contributed by atoms with E-state index in [0.717, 1.165) is 23.5 Å². The Bertz CT molecular complexity index is 636. The standard InChI is InChI=1S/C16H19N3O2S/c1-11-15(16(20)19-12-5-2-3-6-12)22-14(18-11)10-21-13-7-4-8-17-9-13/h4,7-9,12H,2-3,5-6,10H2,1H3,(H,19,20). The number of hydrogen-bond donors (Lipinski definition) is 1. The van der Waals surface area contributed by atoms with Crippen LogP contribution in [0.4, 0.5) is 0 Å². The van der Waals surface area contributed by atoms with Gasteiger partial charge in [0.15, 0.2) is 0 Å². The number of pyridine rings is 1. The van der Waals surface area contributed by atoms with Crippen LogP contribution < -0.4 is 10.1 Å². The summed E-state index contributed by atoms with van der Waals surface area (Å²) in [5.41, 5.74) is 0.769. The van der Waals surface area contributed by atoms with Gasteiger partial charge < -0.3 is 10.1 Å². The Kier molecular flexibility index (Phi) is 4.68. The molecule has 3 rings (SSSR count). The number of carbonyl (C=O) groups is 1. The molecule has 5 nitrogen and oxygen atoms in total. The summed E-state index contributed by atoms with van der Waals surface area (Å²) in [6.07, 6.45) is 7.94. The normalized spacial score (nSPS) is 15.0. The molecule has 1 aliphatic rings. The molecule has 2 aromatic heterocycles. The van der Waals surface area contributed by atoms with Crippen LogP contribution in [0.1, 0.15) is 46.1 Å². The van der Waals surface area contributed by atoms with E-state index in [-0.39, 0.29) is 5.91 Å². The molecule has 6 heteroatoms. The highest BCUT2D eigenvalue weighted by atomic mass is 32.1. The van der Waals surface area contributed by atoms with Gasteiger partial charge in [0.1, 0.15) is 22.2 Å². The van der Waals surface area contributed by atoms with Gasteiger partial charge in [-0.1, -0.05) is 12.8 Å². The number of aromatic nitrogens is 2. The molecule has 1 aliphatic carbocycles. The van der Waals surface area contributed by atoms with Gasteiger partial charge in [0.05, 0.1) is 11.9 Å². The zero-order valence-corrected chi connectivity index (χ0v) is 13.4. The first-order valence-electron chi connectivity index (χ1n) is 7.52. The molecule has 1 saturated carbocycles. The number of carbonyl (C=O) groups excluding carboxylic acids is 1. The maximum absolute atomic E-state index is 12.3. The minimum Gasteiger partial charge on any atom is -0.485 e. The second-order valence-electron chi connectivity index (χ2n) is 5.45. The number of hydrogen-bond acceptors (Lipinski definition) is 5. The Morgan fingerprint density at radius 1 is 1.45 bits per heavy atom. The molecule has 1 fully saturated rings. The van der Waals surface area contributed by atoms with Crippen LogP contribution in [-0.4, -0.2) is 21.9 Å². The molecular weight excluding hydrogens is 298 g/mol. The molecule has 2 aromatic rings. The van der Waals surface area contributed by atoms with E-state index in [9.17, 15) is 4.79 Å². The van der Waals surface area contributed by atoms with E-state index in [4.69, 9.17) is 4.74 Å². The van der Waals surface area contributed by atoms with Gasteiger partial charge in [-0.05, 0) is 31.9 Å². The van der Waals surface area contributed by atoms with Crippen molar-refractivity contribution in [1.82, 2.24) is 15.3 Å². The third-order valence-corrected chi connectivity index (χ3v) is 4.86. The number of amides is 1. The van der Waals surface area contributed by atoms with Gasteiger partial charge in [0.25, 0.3) is 5.91 Å². The molecule has 0 atom stereocenters. The minimum absolute atomic E-state index is 0.00507. The predicted molar refractivity (Wildman–Crippen MR) is 85.1 cm³/mol. The quantitative estimate of drug-likeness (QED) is 0.920. The Morgan fingerprint density at radius 2 is 2.27 bits per heavy atom. The Morgan fingerprint density at radius 3 is 3.00 bits per heavy atom. The first-order valence-corrected chi connectivity index (χ1v) is 8.34. The van der Waals surface area contributed by atoms with Crippen molar-refractivity contribution in [2.75, 3.05) is 0 Å². The van der Waals surface area contributed by atoms with Crippen molar-refractivity contribution in [2.24, 2.45) is 0 Å². The number of rotatable bonds is 5. The van der Waals surface area contributed by atoms with E-state index >= 15 is 0 Å². The predicted octanol–water partition coefficient (Wildman–Crippen LogP) is 3.10. The summed E-state index contributed by atoms with van der Waals surface area (Å²) in [5.74, 6) is 0.696. The fraction of sp³-hybridized carbons (Fsp3) is 0.438. The van der Waals surface area contributed by atoms with Crippen LogP contribution in [0.25, 0.3) is 0 Å². The van der Waals surface area contributed by atoms with Crippen molar-refractivity contribution in [2.45, 2.75) is 45.3 Å². The maximum atomic E-state index is 12.3. The topological polar surface area (TPSA) is 64.1 Å². The second-order valence-corrected chi connectivity index (χ2v) is 6.54. The highest BCUT2D eigenvalue weighted by molar-refractivity contribution is 7.13. The van der Waals surface area contributed by atoms with Gasteiger partial charge >= 0.3 is 0 Å². The summed E-state index contributed by atoms with van der Waals surface area (Å²) in [6, 6.07) is 3.99. The smallest absolute Gasteiger partial charge is 0.263 e. The van der Waals surface area contributed by atoms with E-state index in [1.165, 1.54) is 24.2 Å². The van der Waals surface area contributed by atoms with Crippen molar-refractivity contribution in [3.63, 3.8) is 0 Å². The third kappa shape index (κ3) is 3.62. The molecule has 0 aromatic carbocycles. The highest BCUT2D eigenvalue weighted by Crippen LogP contribution is 2.22. The molecule has 0 radical (unpaired) electrons. The van der Waals surface area contributed by atoms with Crippen molar-refractivity contribution in [3.05, 3.63) is 40.1 Å².